The van der Waals surface area contributed by atoms with E-state index >= 15 is 0 Å². The van der Waals surface area contributed by atoms with Crippen LogP contribution in [-0.4, -0.2) is 50.0 Å². The number of rotatable bonds is 10. The topological polar surface area (TPSA) is 86.8 Å². The largest absolute Gasteiger partial charge is 0.352 e. The SMILES string of the molecule is CC[C@@H](C)NC(=O)[C@H](C)N(Cc1ccc(C)cc1)C(=O)CN(c1ccc(Cl)cc1C)S(C)(=O)=O. The van der Waals surface area contributed by atoms with Crippen molar-refractivity contribution in [3.8, 4) is 0 Å². The van der Waals surface area contributed by atoms with Crippen LogP contribution in [0.3, 0.4) is 0 Å². The first-order valence-corrected chi connectivity index (χ1v) is 13.4. The Morgan fingerprint density at radius 1 is 1.06 bits per heavy atom. The summed E-state index contributed by atoms with van der Waals surface area (Å²) in [4.78, 5) is 27.9. The zero-order chi connectivity index (χ0) is 25.6. The lowest BCUT2D eigenvalue weighted by Crippen LogP contribution is -2.52. The molecule has 0 radical (unpaired) electrons. The second-order valence-corrected chi connectivity index (χ2v) is 11.0. The van der Waals surface area contributed by atoms with Crippen LogP contribution in [0.1, 0.15) is 43.9 Å². The van der Waals surface area contributed by atoms with Crippen LogP contribution in [0.2, 0.25) is 5.02 Å². The van der Waals surface area contributed by atoms with Crippen LogP contribution in [0.4, 0.5) is 5.69 Å². The molecular formula is C25H34ClN3O4S. The molecular weight excluding hydrogens is 474 g/mol. The number of aryl methyl sites for hydroxylation is 2. The molecule has 0 heterocycles. The first-order chi connectivity index (χ1) is 15.8. The molecule has 0 saturated carbocycles. The normalized spacial score (nSPS) is 13.1. The molecule has 0 bridgehead atoms. The maximum absolute atomic E-state index is 13.5. The lowest BCUT2D eigenvalue weighted by Gasteiger charge is -2.32. The molecule has 0 saturated heterocycles. The predicted octanol–water partition coefficient (Wildman–Crippen LogP) is 4.05. The van der Waals surface area contributed by atoms with Crippen molar-refractivity contribution in [1.29, 1.82) is 0 Å². The van der Waals surface area contributed by atoms with Crippen molar-refractivity contribution < 1.29 is 18.0 Å². The second-order valence-electron chi connectivity index (χ2n) is 8.70. The zero-order valence-electron chi connectivity index (χ0n) is 20.6. The number of nitrogens with zero attached hydrogens (tertiary/aromatic N) is 2. The fourth-order valence-electron chi connectivity index (χ4n) is 3.43. The molecule has 0 aliphatic heterocycles. The molecule has 186 valence electrons. The molecule has 0 aliphatic rings. The van der Waals surface area contributed by atoms with E-state index in [1.54, 1.807) is 32.0 Å². The van der Waals surface area contributed by atoms with E-state index in [-0.39, 0.29) is 18.5 Å². The van der Waals surface area contributed by atoms with Gasteiger partial charge in [0.1, 0.15) is 12.6 Å². The molecule has 2 rings (SSSR count). The Balaban J connectivity index is 2.41. The van der Waals surface area contributed by atoms with E-state index in [1.807, 2.05) is 45.0 Å². The quantitative estimate of drug-likeness (QED) is 0.525. The van der Waals surface area contributed by atoms with E-state index in [2.05, 4.69) is 5.32 Å². The van der Waals surface area contributed by atoms with Crippen molar-refractivity contribution in [2.75, 3.05) is 17.1 Å². The van der Waals surface area contributed by atoms with E-state index < -0.39 is 28.5 Å². The van der Waals surface area contributed by atoms with Gasteiger partial charge in [0.15, 0.2) is 0 Å². The molecule has 0 aromatic heterocycles. The predicted molar refractivity (Wildman–Crippen MR) is 137 cm³/mol. The van der Waals surface area contributed by atoms with E-state index in [4.69, 9.17) is 11.6 Å². The van der Waals surface area contributed by atoms with Crippen molar-refractivity contribution >= 4 is 39.1 Å². The van der Waals surface area contributed by atoms with Crippen molar-refractivity contribution in [2.24, 2.45) is 0 Å². The van der Waals surface area contributed by atoms with Gasteiger partial charge in [0.25, 0.3) is 0 Å². The summed E-state index contributed by atoms with van der Waals surface area (Å²) in [6.45, 7) is 8.94. The van der Waals surface area contributed by atoms with E-state index in [9.17, 15) is 18.0 Å². The van der Waals surface area contributed by atoms with Gasteiger partial charge >= 0.3 is 0 Å². The summed E-state index contributed by atoms with van der Waals surface area (Å²) < 4.78 is 26.4. The lowest BCUT2D eigenvalue weighted by molar-refractivity contribution is -0.139. The monoisotopic (exact) mass is 507 g/mol. The summed E-state index contributed by atoms with van der Waals surface area (Å²) in [6, 6.07) is 11.6. The molecule has 0 fully saturated rings. The molecule has 34 heavy (non-hydrogen) atoms. The summed E-state index contributed by atoms with van der Waals surface area (Å²) in [5.74, 6) is -0.768. The molecule has 7 nitrogen and oxygen atoms in total. The fourth-order valence-corrected chi connectivity index (χ4v) is 4.57. The number of nitrogens with one attached hydrogen (secondary N) is 1. The first kappa shape index (κ1) is 27.7. The van der Waals surface area contributed by atoms with Gasteiger partial charge < -0.3 is 10.2 Å². The molecule has 9 heteroatoms. The average molecular weight is 508 g/mol. The lowest BCUT2D eigenvalue weighted by atomic mass is 10.1. The minimum absolute atomic E-state index is 0.0458. The molecule has 0 aliphatic carbocycles. The van der Waals surface area contributed by atoms with Gasteiger partial charge in [0.2, 0.25) is 21.8 Å². The van der Waals surface area contributed by atoms with Crippen molar-refractivity contribution in [2.45, 2.75) is 59.7 Å². The molecule has 1 N–H and O–H groups in total. The number of anilines is 1. The smallest absolute Gasteiger partial charge is 0.244 e. The van der Waals surface area contributed by atoms with Gasteiger partial charge in [-0.2, -0.15) is 0 Å². The molecule has 2 aromatic rings. The molecule has 0 spiro atoms. The average Bonchev–Trinajstić information content (AvgIpc) is 2.76. The number of amides is 2. The Morgan fingerprint density at radius 3 is 2.21 bits per heavy atom. The van der Waals surface area contributed by atoms with Gasteiger partial charge in [0, 0.05) is 17.6 Å². The van der Waals surface area contributed by atoms with Gasteiger partial charge in [-0.3, -0.25) is 13.9 Å². The first-order valence-electron chi connectivity index (χ1n) is 11.2. The minimum Gasteiger partial charge on any atom is -0.352 e. The van der Waals surface area contributed by atoms with Gasteiger partial charge in [-0.1, -0.05) is 48.4 Å². The van der Waals surface area contributed by atoms with Crippen molar-refractivity contribution in [1.82, 2.24) is 10.2 Å². The summed E-state index contributed by atoms with van der Waals surface area (Å²) in [5, 5.41) is 3.38. The fraction of sp³-hybridized carbons (Fsp3) is 0.440. The molecule has 0 unspecified atom stereocenters. The van der Waals surface area contributed by atoms with Gasteiger partial charge in [-0.25, -0.2) is 8.42 Å². The third-order valence-electron chi connectivity index (χ3n) is 5.75. The number of benzene rings is 2. The highest BCUT2D eigenvalue weighted by Gasteiger charge is 2.30. The van der Waals surface area contributed by atoms with Crippen molar-refractivity contribution in [3.63, 3.8) is 0 Å². The Bertz CT molecular complexity index is 1120. The van der Waals surface area contributed by atoms with Crippen LogP contribution in [0, 0.1) is 13.8 Å². The van der Waals surface area contributed by atoms with Crippen LogP contribution >= 0.6 is 11.6 Å². The highest BCUT2D eigenvalue weighted by atomic mass is 35.5. The van der Waals surface area contributed by atoms with Crippen LogP contribution in [0.5, 0.6) is 0 Å². The zero-order valence-corrected chi connectivity index (χ0v) is 22.2. The van der Waals surface area contributed by atoms with E-state index in [0.717, 1.165) is 28.1 Å². The Morgan fingerprint density at radius 2 is 1.68 bits per heavy atom. The van der Waals surface area contributed by atoms with Crippen LogP contribution in [-0.2, 0) is 26.2 Å². The van der Waals surface area contributed by atoms with Gasteiger partial charge in [-0.05, 0) is 63.4 Å². The number of hydrogen-bond acceptors (Lipinski definition) is 4. The molecule has 2 atom stereocenters. The molecule has 2 aromatic carbocycles. The maximum atomic E-state index is 13.5. The number of hydrogen-bond donors (Lipinski definition) is 1. The van der Waals surface area contributed by atoms with Gasteiger partial charge in [-0.15, -0.1) is 0 Å². The standard InChI is InChI=1S/C25H34ClN3O4S/c1-7-19(4)27-25(31)20(5)28(15-21-10-8-17(2)9-11-21)24(30)16-29(34(6,32)33)23-13-12-22(26)14-18(23)3/h8-14,19-20H,7,15-16H2,1-6H3,(H,27,31)/t19-,20+/m1/s1. The Kier molecular flexibility index (Phi) is 9.53. The Hall–Kier alpha value is -2.58. The highest BCUT2D eigenvalue weighted by Crippen LogP contribution is 2.26. The second kappa shape index (κ2) is 11.7. The third-order valence-corrected chi connectivity index (χ3v) is 7.11. The summed E-state index contributed by atoms with van der Waals surface area (Å²) in [5.41, 5.74) is 2.91. The third kappa shape index (κ3) is 7.46. The number of halogens is 1. The van der Waals surface area contributed by atoms with Crippen LogP contribution < -0.4 is 9.62 Å². The summed E-state index contributed by atoms with van der Waals surface area (Å²) in [7, 11) is -3.79. The number of carbonyl (C=O) groups excluding carboxylic acids is 2. The van der Waals surface area contributed by atoms with E-state index in [1.165, 1.54) is 4.90 Å². The van der Waals surface area contributed by atoms with Crippen molar-refractivity contribution in [3.05, 3.63) is 64.2 Å². The highest BCUT2D eigenvalue weighted by molar-refractivity contribution is 7.92. The molecule has 2 amide bonds. The van der Waals surface area contributed by atoms with Crippen LogP contribution in [0.15, 0.2) is 42.5 Å². The van der Waals surface area contributed by atoms with Crippen LogP contribution in [0.25, 0.3) is 0 Å². The van der Waals surface area contributed by atoms with Gasteiger partial charge in [0.05, 0.1) is 11.9 Å². The number of sulfonamides is 1. The summed E-state index contributed by atoms with van der Waals surface area (Å²) in [6.07, 6.45) is 1.81. The number of carbonyl (C=O) groups is 2. The van der Waals surface area contributed by atoms with E-state index in [0.29, 0.717) is 16.3 Å². The maximum Gasteiger partial charge on any atom is 0.244 e. The minimum atomic E-state index is -3.79. The summed E-state index contributed by atoms with van der Waals surface area (Å²) >= 11 is 6.04. The Labute approximate surface area is 208 Å².